The summed E-state index contributed by atoms with van der Waals surface area (Å²) in [6.45, 7) is 0.341. The fourth-order valence-electron chi connectivity index (χ4n) is 2.24. The van der Waals surface area contributed by atoms with Gasteiger partial charge in [0.25, 0.3) is 5.91 Å². The van der Waals surface area contributed by atoms with Crippen LogP contribution in [0.15, 0.2) is 12.2 Å². The Morgan fingerprint density at radius 1 is 1.50 bits per heavy atom. The highest BCUT2D eigenvalue weighted by molar-refractivity contribution is 8.23. The molecule has 6 nitrogen and oxygen atoms in total. The van der Waals surface area contributed by atoms with Crippen LogP contribution in [0.4, 0.5) is 0 Å². The first kappa shape index (κ1) is 17.0. The first-order valence-electron chi connectivity index (χ1n) is 7.12. The number of thioether (sulfide) groups is 1. The van der Waals surface area contributed by atoms with Gasteiger partial charge in [0, 0.05) is 13.1 Å². The third kappa shape index (κ3) is 5.10. The molecule has 22 heavy (non-hydrogen) atoms. The Morgan fingerprint density at radius 3 is 2.95 bits per heavy atom. The van der Waals surface area contributed by atoms with Crippen LogP contribution >= 0.6 is 24.0 Å². The van der Waals surface area contributed by atoms with E-state index in [-0.39, 0.29) is 36.9 Å². The highest BCUT2D eigenvalue weighted by Gasteiger charge is 2.26. The van der Waals surface area contributed by atoms with Gasteiger partial charge >= 0.3 is 5.97 Å². The van der Waals surface area contributed by atoms with Crippen LogP contribution in [0, 0.1) is 5.92 Å². The molecule has 0 spiro atoms. The van der Waals surface area contributed by atoms with E-state index in [1.165, 1.54) is 16.7 Å². The van der Waals surface area contributed by atoms with Gasteiger partial charge in [-0.15, -0.1) is 0 Å². The molecule has 1 aliphatic carbocycles. The molecule has 0 bridgehead atoms. The van der Waals surface area contributed by atoms with Gasteiger partial charge in [0.15, 0.2) is 6.61 Å². The largest absolute Gasteiger partial charge is 0.456 e. The van der Waals surface area contributed by atoms with Gasteiger partial charge in [-0.1, -0.05) is 36.1 Å². The van der Waals surface area contributed by atoms with Crippen LogP contribution in [0.3, 0.4) is 0 Å². The molecular weight excluding hydrogens is 324 g/mol. The summed E-state index contributed by atoms with van der Waals surface area (Å²) >= 11 is 6.35. The lowest BCUT2D eigenvalue weighted by Crippen LogP contribution is -2.38. The molecule has 2 aliphatic rings. The van der Waals surface area contributed by atoms with Gasteiger partial charge in [0.05, 0.1) is 12.2 Å². The maximum atomic E-state index is 11.6. The Hall–Kier alpha value is -1.41. The third-order valence-corrected chi connectivity index (χ3v) is 4.84. The summed E-state index contributed by atoms with van der Waals surface area (Å²) in [6, 6.07) is 0. The lowest BCUT2D eigenvalue weighted by atomic mass is 10.1. The molecule has 120 valence electrons. The highest BCUT2D eigenvalue weighted by atomic mass is 32.2. The predicted octanol–water partition coefficient (Wildman–Crippen LogP) is 0.862. The summed E-state index contributed by atoms with van der Waals surface area (Å²) in [7, 11) is 0. The number of nitrogens with one attached hydrogen (secondary N) is 1. The van der Waals surface area contributed by atoms with E-state index in [0.717, 1.165) is 12.8 Å². The first-order chi connectivity index (χ1) is 10.6. The highest BCUT2D eigenvalue weighted by Crippen LogP contribution is 2.20. The number of hydrogen-bond donors (Lipinski definition) is 1. The van der Waals surface area contributed by atoms with Crippen LogP contribution in [0.1, 0.15) is 19.3 Å². The number of allylic oxidation sites excluding steroid dienone is 2. The Bertz CT molecular complexity index is 491. The van der Waals surface area contributed by atoms with Gasteiger partial charge in [-0.3, -0.25) is 19.3 Å². The average molecular weight is 342 g/mol. The standard InChI is InChI=1S/C14H18N2O4S2/c17-11(8-20-13(19)7-10-3-1-2-4-10)15-5-6-16-12(18)9-22-14(16)21/h1,3,10H,2,4-9H2,(H,15,17)/t10-/m0/s1. The molecule has 2 amide bonds. The molecule has 8 heteroatoms. The molecule has 1 aliphatic heterocycles. The van der Waals surface area contributed by atoms with Crippen molar-refractivity contribution in [3.8, 4) is 0 Å². The number of carbonyl (C=O) groups is 3. The maximum Gasteiger partial charge on any atom is 0.306 e. The number of thiocarbonyl (C=S) groups is 1. The molecule has 0 aromatic heterocycles. The van der Waals surface area contributed by atoms with Gasteiger partial charge in [-0.05, 0) is 18.8 Å². The molecule has 1 N–H and O–H groups in total. The van der Waals surface area contributed by atoms with Crippen LogP contribution in [-0.4, -0.2) is 52.5 Å². The molecule has 0 aromatic rings. The van der Waals surface area contributed by atoms with Gasteiger partial charge < -0.3 is 10.1 Å². The van der Waals surface area contributed by atoms with E-state index in [2.05, 4.69) is 5.32 Å². The average Bonchev–Trinajstić information content (AvgIpc) is 3.09. The minimum atomic E-state index is -0.375. The zero-order chi connectivity index (χ0) is 15.9. The monoisotopic (exact) mass is 342 g/mol. The maximum absolute atomic E-state index is 11.6. The molecule has 0 unspecified atom stereocenters. The summed E-state index contributed by atoms with van der Waals surface area (Å²) in [5, 5.41) is 2.61. The van der Waals surface area contributed by atoms with Crippen molar-refractivity contribution in [2.75, 3.05) is 25.4 Å². The number of carbonyl (C=O) groups excluding carboxylic acids is 3. The van der Waals surface area contributed by atoms with Crippen molar-refractivity contribution in [2.24, 2.45) is 5.92 Å². The topological polar surface area (TPSA) is 75.7 Å². The minimum absolute atomic E-state index is 0.0414. The molecule has 1 fully saturated rings. The summed E-state index contributed by atoms with van der Waals surface area (Å²) in [5.74, 6) is -0.185. The fourth-order valence-corrected chi connectivity index (χ4v) is 3.36. The van der Waals surface area contributed by atoms with Gasteiger partial charge in [-0.25, -0.2) is 0 Å². The number of esters is 1. The Labute approximate surface area is 138 Å². The van der Waals surface area contributed by atoms with Crippen molar-refractivity contribution in [2.45, 2.75) is 19.3 Å². The first-order valence-corrected chi connectivity index (χ1v) is 8.52. The lowest BCUT2D eigenvalue weighted by molar-refractivity contribution is -0.149. The Balaban J connectivity index is 1.57. The molecule has 1 atom stereocenters. The zero-order valence-corrected chi connectivity index (χ0v) is 13.7. The summed E-state index contributed by atoms with van der Waals surface area (Å²) in [5.41, 5.74) is 0. The smallest absolute Gasteiger partial charge is 0.306 e. The van der Waals surface area contributed by atoms with Crippen molar-refractivity contribution < 1.29 is 19.1 Å². The van der Waals surface area contributed by atoms with E-state index >= 15 is 0 Å². The molecule has 1 heterocycles. The summed E-state index contributed by atoms with van der Waals surface area (Å²) in [6.07, 6.45) is 6.33. The molecular formula is C14H18N2O4S2. The van der Waals surface area contributed by atoms with Gasteiger partial charge in [0.2, 0.25) is 5.91 Å². The van der Waals surface area contributed by atoms with Crippen LogP contribution in [0.2, 0.25) is 0 Å². The minimum Gasteiger partial charge on any atom is -0.456 e. The third-order valence-electron chi connectivity index (χ3n) is 3.40. The van der Waals surface area contributed by atoms with Crippen molar-refractivity contribution >= 4 is 46.1 Å². The van der Waals surface area contributed by atoms with E-state index in [9.17, 15) is 14.4 Å². The summed E-state index contributed by atoms with van der Waals surface area (Å²) in [4.78, 5) is 36.1. The summed E-state index contributed by atoms with van der Waals surface area (Å²) < 4.78 is 5.47. The van der Waals surface area contributed by atoms with Crippen molar-refractivity contribution in [3.05, 3.63) is 12.2 Å². The van der Waals surface area contributed by atoms with E-state index in [1.54, 1.807) is 0 Å². The van der Waals surface area contributed by atoms with E-state index in [4.69, 9.17) is 17.0 Å². The second-order valence-electron chi connectivity index (χ2n) is 5.08. The molecule has 0 radical (unpaired) electrons. The quantitative estimate of drug-likeness (QED) is 0.420. The Morgan fingerprint density at radius 2 is 2.32 bits per heavy atom. The van der Waals surface area contributed by atoms with Gasteiger partial charge in [0.1, 0.15) is 4.32 Å². The molecule has 0 saturated carbocycles. The normalized spacial score (nSPS) is 20.5. The number of nitrogens with zero attached hydrogens (tertiary/aromatic N) is 1. The van der Waals surface area contributed by atoms with Crippen LogP contribution < -0.4 is 5.32 Å². The van der Waals surface area contributed by atoms with E-state index in [1.807, 2.05) is 12.2 Å². The second kappa shape index (κ2) is 8.28. The van der Waals surface area contributed by atoms with Crippen LogP contribution in [0.25, 0.3) is 0 Å². The Kier molecular flexibility index (Phi) is 6.38. The zero-order valence-electron chi connectivity index (χ0n) is 12.1. The van der Waals surface area contributed by atoms with Crippen molar-refractivity contribution in [1.29, 1.82) is 0 Å². The number of rotatable bonds is 7. The predicted molar refractivity (Wildman–Crippen MR) is 87.2 cm³/mol. The van der Waals surface area contributed by atoms with Crippen molar-refractivity contribution in [1.82, 2.24) is 10.2 Å². The number of amides is 2. The second-order valence-corrected chi connectivity index (χ2v) is 6.69. The van der Waals surface area contributed by atoms with E-state index in [0.29, 0.717) is 23.0 Å². The van der Waals surface area contributed by atoms with Crippen LogP contribution in [-0.2, 0) is 19.1 Å². The lowest BCUT2D eigenvalue weighted by Gasteiger charge is -2.15. The SMILES string of the molecule is O=C(COC(=O)C[C@H]1C=CCC1)NCCN1C(=O)CSC1=S. The van der Waals surface area contributed by atoms with Gasteiger partial charge in [-0.2, -0.15) is 0 Å². The molecule has 2 rings (SSSR count). The fraction of sp³-hybridized carbons (Fsp3) is 0.571. The molecule has 1 saturated heterocycles. The van der Waals surface area contributed by atoms with Crippen molar-refractivity contribution in [3.63, 3.8) is 0 Å². The van der Waals surface area contributed by atoms with Crippen LogP contribution in [0.5, 0.6) is 0 Å². The number of ether oxygens (including phenoxy) is 1. The van der Waals surface area contributed by atoms with E-state index < -0.39 is 0 Å². The number of hydrogen-bond acceptors (Lipinski definition) is 6. The molecule has 0 aromatic carbocycles.